The van der Waals surface area contributed by atoms with Gasteiger partial charge >= 0.3 is 0 Å². The molecule has 3 rings (SSSR count). The first-order valence-corrected chi connectivity index (χ1v) is 7.82. The van der Waals surface area contributed by atoms with Gasteiger partial charge in [-0.2, -0.15) is 0 Å². The fourth-order valence-corrected chi connectivity index (χ4v) is 3.41. The Morgan fingerprint density at radius 2 is 1.75 bits per heavy atom. The van der Waals surface area contributed by atoms with Gasteiger partial charge in [-0.25, -0.2) is 4.98 Å². The van der Waals surface area contributed by atoms with Crippen molar-refractivity contribution in [1.82, 2.24) is 24.3 Å². The Hall–Kier alpha value is -0.910. The summed E-state index contributed by atoms with van der Waals surface area (Å²) < 4.78 is 2.13. The Morgan fingerprint density at radius 1 is 1.05 bits per heavy atom. The van der Waals surface area contributed by atoms with E-state index in [4.69, 9.17) is 0 Å². The summed E-state index contributed by atoms with van der Waals surface area (Å²) in [6, 6.07) is 0.824. The highest BCUT2D eigenvalue weighted by Gasteiger charge is 2.26. The van der Waals surface area contributed by atoms with Gasteiger partial charge in [0.25, 0.3) is 0 Å². The molecule has 0 atom stereocenters. The van der Waals surface area contributed by atoms with Crippen LogP contribution in [-0.2, 0) is 13.6 Å². The van der Waals surface area contributed by atoms with E-state index in [-0.39, 0.29) is 0 Å². The van der Waals surface area contributed by atoms with E-state index in [0.717, 1.165) is 12.6 Å². The fraction of sp³-hybridized carbons (Fsp3) is 0.800. The minimum absolute atomic E-state index is 0.824. The third-order valence-corrected chi connectivity index (χ3v) is 4.91. The first-order chi connectivity index (χ1) is 9.72. The number of likely N-dealkylation sites (tertiary alicyclic amines) is 1. The van der Waals surface area contributed by atoms with Crippen molar-refractivity contribution >= 4 is 0 Å². The van der Waals surface area contributed by atoms with Crippen LogP contribution in [0.3, 0.4) is 0 Å². The number of aromatic nitrogens is 2. The van der Waals surface area contributed by atoms with Crippen molar-refractivity contribution in [3.8, 4) is 0 Å². The molecule has 0 unspecified atom stereocenters. The molecule has 0 bridgehead atoms. The average Bonchev–Trinajstić information content (AvgIpc) is 2.86. The average molecular weight is 277 g/mol. The summed E-state index contributed by atoms with van der Waals surface area (Å²) in [7, 11) is 4.32. The molecule has 2 saturated heterocycles. The molecule has 0 amide bonds. The highest BCUT2D eigenvalue weighted by atomic mass is 15.3. The zero-order valence-corrected chi connectivity index (χ0v) is 12.8. The smallest absolute Gasteiger partial charge is 0.0945 e. The fourth-order valence-electron chi connectivity index (χ4n) is 3.41. The molecule has 20 heavy (non-hydrogen) atoms. The lowest BCUT2D eigenvalue weighted by atomic mass is 10.0. The van der Waals surface area contributed by atoms with E-state index >= 15 is 0 Å². The topological polar surface area (TPSA) is 27.5 Å². The number of piperazine rings is 1. The van der Waals surface area contributed by atoms with E-state index in [1.807, 2.05) is 12.5 Å². The SMILES string of the molecule is CN1CCC(N2CCN(Cc3cncn3C)CC2)CC1. The van der Waals surface area contributed by atoms with Crippen LogP contribution in [0.5, 0.6) is 0 Å². The molecule has 0 aliphatic carbocycles. The molecule has 112 valence electrons. The normalized spacial score (nSPS) is 24.3. The van der Waals surface area contributed by atoms with E-state index in [2.05, 4.69) is 38.3 Å². The molecule has 0 spiro atoms. The molecule has 0 aromatic carbocycles. The third-order valence-electron chi connectivity index (χ3n) is 4.91. The Labute approximate surface area is 122 Å². The zero-order chi connectivity index (χ0) is 13.9. The Kier molecular flexibility index (Phi) is 4.38. The zero-order valence-electron chi connectivity index (χ0n) is 12.8. The molecule has 1 aromatic rings. The lowest BCUT2D eigenvalue weighted by Crippen LogP contribution is -2.52. The lowest BCUT2D eigenvalue weighted by Gasteiger charge is -2.42. The highest BCUT2D eigenvalue weighted by Crippen LogP contribution is 2.18. The summed E-state index contributed by atoms with van der Waals surface area (Å²) in [5, 5.41) is 0. The van der Waals surface area contributed by atoms with E-state index in [0.29, 0.717) is 0 Å². The summed E-state index contributed by atoms with van der Waals surface area (Å²) in [6.45, 7) is 8.41. The predicted molar refractivity (Wildman–Crippen MR) is 80.6 cm³/mol. The van der Waals surface area contributed by atoms with Gasteiger partial charge < -0.3 is 9.47 Å². The van der Waals surface area contributed by atoms with Crippen molar-refractivity contribution in [3.05, 3.63) is 18.2 Å². The monoisotopic (exact) mass is 277 g/mol. The maximum atomic E-state index is 4.20. The molecule has 2 aliphatic rings. The van der Waals surface area contributed by atoms with Gasteiger partial charge in [0.15, 0.2) is 0 Å². The lowest BCUT2D eigenvalue weighted by molar-refractivity contribution is 0.0610. The van der Waals surface area contributed by atoms with Crippen molar-refractivity contribution in [1.29, 1.82) is 0 Å². The van der Waals surface area contributed by atoms with Gasteiger partial charge in [0, 0.05) is 52.0 Å². The second-order valence-electron chi connectivity index (χ2n) is 6.34. The van der Waals surface area contributed by atoms with Gasteiger partial charge in [-0.15, -0.1) is 0 Å². The largest absolute Gasteiger partial charge is 0.337 e. The number of nitrogens with zero attached hydrogens (tertiary/aromatic N) is 5. The van der Waals surface area contributed by atoms with Crippen LogP contribution in [0, 0.1) is 0 Å². The van der Waals surface area contributed by atoms with Gasteiger partial charge in [0.05, 0.1) is 12.0 Å². The van der Waals surface area contributed by atoms with Crippen LogP contribution in [0.4, 0.5) is 0 Å². The number of rotatable bonds is 3. The first-order valence-electron chi connectivity index (χ1n) is 7.82. The molecular formula is C15H27N5. The number of piperidine rings is 1. The first kappa shape index (κ1) is 14.0. The summed E-state index contributed by atoms with van der Waals surface area (Å²) in [6.07, 6.45) is 6.57. The van der Waals surface area contributed by atoms with Crippen molar-refractivity contribution in [2.75, 3.05) is 46.3 Å². The Balaban J connectivity index is 1.46. The van der Waals surface area contributed by atoms with E-state index < -0.39 is 0 Å². The summed E-state index contributed by atoms with van der Waals surface area (Å²) in [5.74, 6) is 0. The Bertz CT molecular complexity index is 414. The van der Waals surface area contributed by atoms with E-state index in [9.17, 15) is 0 Å². The number of imidazole rings is 1. The second kappa shape index (κ2) is 6.24. The van der Waals surface area contributed by atoms with Crippen LogP contribution in [-0.4, -0.2) is 76.6 Å². The van der Waals surface area contributed by atoms with Crippen LogP contribution in [0.1, 0.15) is 18.5 Å². The van der Waals surface area contributed by atoms with Gasteiger partial charge in [0.2, 0.25) is 0 Å². The molecule has 0 N–H and O–H groups in total. The minimum Gasteiger partial charge on any atom is -0.337 e. The molecule has 2 aliphatic heterocycles. The molecule has 0 saturated carbocycles. The van der Waals surface area contributed by atoms with Gasteiger partial charge in [-0.05, 0) is 33.0 Å². The van der Waals surface area contributed by atoms with Crippen LogP contribution < -0.4 is 0 Å². The standard InChI is InChI=1S/C15H27N5/c1-17-5-3-14(4-6-17)20-9-7-19(8-10-20)12-15-11-16-13-18(15)2/h11,13-14H,3-10,12H2,1-2H3. The van der Waals surface area contributed by atoms with Crippen molar-refractivity contribution in [2.24, 2.45) is 7.05 Å². The van der Waals surface area contributed by atoms with Crippen LogP contribution in [0.2, 0.25) is 0 Å². The summed E-state index contributed by atoms with van der Waals surface area (Å²) in [5.41, 5.74) is 1.32. The van der Waals surface area contributed by atoms with Crippen LogP contribution >= 0.6 is 0 Å². The van der Waals surface area contributed by atoms with E-state index in [1.54, 1.807) is 0 Å². The predicted octanol–water partition coefficient (Wildman–Crippen LogP) is 0.632. The van der Waals surface area contributed by atoms with Crippen LogP contribution in [0.25, 0.3) is 0 Å². The second-order valence-corrected chi connectivity index (χ2v) is 6.34. The van der Waals surface area contributed by atoms with Crippen molar-refractivity contribution < 1.29 is 0 Å². The molecule has 3 heterocycles. The van der Waals surface area contributed by atoms with Crippen molar-refractivity contribution in [3.63, 3.8) is 0 Å². The molecule has 5 heteroatoms. The van der Waals surface area contributed by atoms with Crippen LogP contribution in [0.15, 0.2) is 12.5 Å². The molecule has 1 aromatic heterocycles. The Morgan fingerprint density at radius 3 is 2.35 bits per heavy atom. The number of hydrogen-bond acceptors (Lipinski definition) is 4. The molecule has 2 fully saturated rings. The van der Waals surface area contributed by atoms with Crippen molar-refractivity contribution in [2.45, 2.75) is 25.4 Å². The van der Waals surface area contributed by atoms with E-state index in [1.165, 1.54) is 57.8 Å². The van der Waals surface area contributed by atoms with Gasteiger partial charge in [-0.1, -0.05) is 0 Å². The summed E-state index contributed by atoms with van der Waals surface area (Å²) in [4.78, 5) is 11.9. The third kappa shape index (κ3) is 3.22. The minimum atomic E-state index is 0.824. The molecule has 0 radical (unpaired) electrons. The molecular weight excluding hydrogens is 250 g/mol. The maximum Gasteiger partial charge on any atom is 0.0945 e. The molecule has 5 nitrogen and oxygen atoms in total. The number of aryl methyl sites for hydroxylation is 1. The quantitative estimate of drug-likeness (QED) is 0.810. The maximum absolute atomic E-state index is 4.20. The number of hydrogen-bond donors (Lipinski definition) is 0. The summed E-state index contributed by atoms with van der Waals surface area (Å²) >= 11 is 0. The van der Waals surface area contributed by atoms with Gasteiger partial charge in [-0.3, -0.25) is 9.80 Å². The van der Waals surface area contributed by atoms with Gasteiger partial charge in [0.1, 0.15) is 0 Å². The highest BCUT2D eigenvalue weighted by molar-refractivity contribution is 4.98.